The third-order valence-electron chi connectivity index (χ3n) is 14.0. The van der Waals surface area contributed by atoms with Gasteiger partial charge in [0.15, 0.2) is 0 Å². The van der Waals surface area contributed by atoms with Crippen LogP contribution in [-0.2, 0) is 5.41 Å². The van der Waals surface area contributed by atoms with Gasteiger partial charge in [-0.3, -0.25) is 0 Å². The summed E-state index contributed by atoms with van der Waals surface area (Å²) >= 11 is 0. The van der Waals surface area contributed by atoms with Crippen molar-refractivity contribution in [3.05, 3.63) is 217 Å². The molecule has 1 saturated carbocycles. The molecule has 0 amide bonds. The number of hydrogen-bond acceptors (Lipinski definition) is 1. The third-order valence-corrected chi connectivity index (χ3v) is 14.0. The SMILES string of the molecule is c1ccc(-c2ccc(N(c3ccccc3)c3cccc(-c4cccc(-c5cc6c7c(c5)C5(CCCC5)c5ccc8c9ccccc9n(c8c5-7)-c5ccccc5-6)c4)c3)cc2)cc1. The van der Waals surface area contributed by atoms with Gasteiger partial charge in [0.2, 0.25) is 0 Å². The fraction of sp³-hybridized carbons (Fsp3) is 0.0847. The lowest BCUT2D eigenvalue weighted by atomic mass is 9.75. The number of para-hydroxylation sites is 3. The molecular weight excluding hydrogens is 737 g/mol. The number of anilines is 3. The van der Waals surface area contributed by atoms with Crippen molar-refractivity contribution in [3.63, 3.8) is 0 Å². The summed E-state index contributed by atoms with van der Waals surface area (Å²) in [5.41, 5.74) is 23.4. The first-order chi connectivity index (χ1) is 30.2. The molecule has 0 bridgehead atoms. The molecule has 2 heterocycles. The number of rotatable bonds is 6. The van der Waals surface area contributed by atoms with Crippen LogP contribution in [0.4, 0.5) is 17.1 Å². The van der Waals surface area contributed by atoms with Crippen LogP contribution in [0.2, 0.25) is 0 Å². The van der Waals surface area contributed by atoms with Crippen molar-refractivity contribution in [2.75, 3.05) is 4.90 Å². The first-order valence-electron chi connectivity index (χ1n) is 21.8. The summed E-state index contributed by atoms with van der Waals surface area (Å²) in [7, 11) is 0. The lowest BCUT2D eigenvalue weighted by Crippen LogP contribution is -2.20. The molecular formula is C59H42N2. The van der Waals surface area contributed by atoms with Crippen molar-refractivity contribution in [3.8, 4) is 61.3 Å². The van der Waals surface area contributed by atoms with Gasteiger partial charge in [0.1, 0.15) is 0 Å². The molecule has 9 aromatic carbocycles. The van der Waals surface area contributed by atoms with Crippen molar-refractivity contribution >= 4 is 38.9 Å². The molecule has 0 unspecified atom stereocenters. The summed E-state index contributed by atoms with van der Waals surface area (Å²) in [4.78, 5) is 2.36. The molecule has 288 valence electrons. The lowest BCUT2D eigenvalue weighted by Gasteiger charge is -2.28. The van der Waals surface area contributed by atoms with Gasteiger partial charge in [-0.1, -0.05) is 152 Å². The van der Waals surface area contributed by atoms with E-state index in [1.54, 1.807) is 0 Å². The van der Waals surface area contributed by atoms with Crippen molar-refractivity contribution in [1.29, 1.82) is 0 Å². The van der Waals surface area contributed by atoms with Crippen LogP contribution in [0.1, 0.15) is 36.8 Å². The van der Waals surface area contributed by atoms with Crippen LogP contribution in [0, 0.1) is 0 Å². The highest BCUT2D eigenvalue weighted by Gasteiger charge is 2.48. The maximum atomic E-state index is 2.59. The van der Waals surface area contributed by atoms with Crippen LogP contribution in [0.25, 0.3) is 83.1 Å². The molecule has 2 heteroatoms. The first-order valence-corrected chi connectivity index (χ1v) is 21.8. The van der Waals surface area contributed by atoms with Crippen LogP contribution in [-0.4, -0.2) is 4.57 Å². The van der Waals surface area contributed by atoms with E-state index < -0.39 is 0 Å². The second-order valence-electron chi connectivity index (χ2n) is 17.2. The summed E-state index contributed by atoms with van der Waals surface area (Å²) in [6.45, 7) is 0. The average molecular weight is 779 g/mol. The van der Waals surface area contributed by atoms with E-state index in [1.165, 1.54) is 120 Å². The standard InChI is InChI=1S/C59H42N2/c1-3-15-39(16-4-1)40-27-29-46(30-28-40)60(45-20-5-2-6-21-45)47-22-14-19-43(36-47)41-17-13-18-42(35-41)44-37-51-49-24-8-10-26-55(49)61-54-25-9-7-23-48(54)50-31-32-52-57(58(50)61)56(51)53(38-44)59(52)33-11-12-34-59/h1-10,13-32,35-38H,11-12,33-34H2. The fourth-order valence-electron chi connectivity index (χ4n) is 11.3. The number of fused-ring (bicyclic) bond motifs is 8. The highest BCUT2D eigenvalue weighted by molar-refractivity contribution is 6.19. The molecule has 13 rings (SSSR count). The third kappa shape index (κ3) is 5.09. The normalized spacial score (nSPS) is 14.1. The minimum absolute atomic E-state index is 0.0311. The quantitative estimate of drug-likeness (QED) is 0.163. The van der Waals surface area contributed by atoms with Gasteiger partial charge >= 0.3 is 0 Å². The van der Waals surface area contributed by atoms with E-state index in [0.717, 1.165) is 17.1 Å². The van der Waals surface area contributed by atoms with Gasteiger partial charge in [-0.15, -0.1) is 0 Å². The van der Waals surface area contributed by atoms with E-state index in [0.29, 0.717) is 0 Å². The molecule has 0 N–H and O–H groups in total. The summed E-state index contributed by atoms with van der Waals surface area (Å²) < 4.78 is 2.58. The zero-order chi connectivity index (χ0) is 40.1. The molecule has 0 atom stereocenters. The highest BCUT2D eigenvalue weighted by atomic mass is 15.1. The summed E-state index contributed by atoms with van der Waals surface area (Å²) in [6, 6.07) is 76.7. The first kappa shape index (κ1) is 34.4. The van der Waals surface area contributed by atoms with Crippen molar-refractivity contribution in [2.45, 2.75) is 31.1 Å². The Balaban J connectivity index is 0.959. The van der Waals surface area contributed by atoms with E-state index in [1.807, 2.05) is 0 Å². The monoisotopic (exact) mass is 778 g/mol. The van der Waals surface area contributed by atoms with Crippen LogP contribution in [0.5, 0.6) is 0 Å². The van der Waals surface area contributed by atoms with Crippen LogP contribution in [0.3, 0.4) is 0 Å². The molecule has 1 aliphatic heterocycles. The second-order valence-corrected chi connectivity index (χ2v) is 17.2. The Morgan fingerprint density at radius 1 is 0.377 bits per heavy atom. The fourth-order valence-corrected chi connectivity index (χ4v) is 11.3. The van der Waals surface area contributed by atoms with E-state index in [2.05, 4.69) is 216 Å². The zero-order valence-corrected chi connectivity index (χ0v) is 33.9. The predicted molar refractivity (Wildman–Crippen MR) is 255 cm³/mol. The molecule has 1 aromatic heterocycles. The smallest absolute Gasteiger partial charge is 0.0623 e. The van der Waals surface area contributed by atoms with Gasteiger partial charge < -0.3 is 9.47 Å². The summed E-state index contributed by atoms with van der Waals surface area (Å²) in [5.74, 6) is 0. The van der Waals surface area contributed by atoms with Crippen molar-refractivity contribution < 1.29 is 0 Å². The van der Waals surface area contributed by atoms with Crippen molar-refractivity contribution in [2.24, 2.45) is 0 Å². The molecule has 1 spiro atoms. The number of hydrogen-bond donors (Lipinski definition) is 0. The van der Waals surface area contributed by atoms with Crippen LogP contribution < -0.4 is 4.90 Å². The maximum absolute atomic E-state index is 2.59. The molecule has 3 aliphatic rings. The molecule has 2 aliphatic carbocycles. The molecule has 0 radical (unpaired) electrons. The van der Waals surface area contributed by atoms with Crippen LogP contribution in [0.15, 0.2) is 206 Å². The minimum atomic E-state index is 0.0311. The molecule has 61 heavy (non-hydrogen) atoms. The minimum Gasteiger partial charge on any atom is -0.310 e. The van der Waals surface area contributed by atoms with E-state index in [9.17, 15) is 0 Å². The predicted octanol–water partition coefficient (Wildman–Crippen LogP) is 16.1. The maximum Gasteiger partial charge on any atom is 0.0623 e. The molecule has 0 saturated heterocycles. The van der Waals surface area contributed by atoms with Gasteiger partial charge in [0.05, 0.1) is 16.7 Å². The Bertz CT molecular complexity index is 3350. The molecule has 1 fully saturated rings. The number of nitrogens with zero attached hydrogens (tertiary/aromatic N) is 2. The highest BCUT2D eigenvalue weighted by Crippen LogP contribution is 2.63. The average Bonchev–Trinajstić information content (AvgIpc) is 4.01. The van der Waals surface area contributed by atoms with Gasteiger partial charge in [0.25, 0.3) is 0 Å². The van der Waals surface area contributed by atoms with E-state index >= 15 is 0 Å². The Morgan fingerprint density at radius 2 is 1.00 bits per heavy atom. The number of aromatic nitrogens is 1. The molecule has 10 aromatic rings. The van der Waals surface area contributed by atoms with Crippen LogP contribution >= 0.6 is 0 Å². The molecule has 2 nitrogen and oxygen atoms in total. The summed E-state index contributed by atoms with van der Waals surface area (Å²) in [5, 5.41) is 2.69. The van der Waals surface area contributed by atoms with Gasteiger partial charge in [-0.2, -0.15) is 0 Å². The summed E-state index contributed by atoms with van der Waals surface area (Å²) in [6.07, 6.45) is 4.92. The van der Waals surface area contributed by atoms with E-state index in [-0.39, 0.29) is 5.41 Å². The van der Waals surface area contributed by atoms with Gasteiger partial charge in [0, 0.05) is 44.4 Å². The number of benzene rings is 9. The largest absolute Gasteiger partial charge is 0.310 e. The van der Waals surface area contributed by atoms with Gasteiger partial charge in [-0.25, -0.2) is 0 Å². The Kier molecular flexibility index (Phi) is 7.51. The van der Waals surface area contributed by atoms with E-state index in [4.69, 9.17) is 0 Å². The zero-order valence-electron chi connectivity index (χ0n) is 33.9. The van der Waals surface area contributed by atoms with Gasteiger partial charge in [-0.05, 0) is 135 Å². The Morgan fingerprint density at radius 3 is 1.82 bits per heavy atom. The van der Waals surface area contributed by atoms with Crippen molar-refractivity contribution in [1.82, 2.24) is 4.57 Å². The Hall–Kier alpha value is -7.42. The second kappa shape index (κ2) is 13.3. The lowest BCUT2D eigenvalue weighted by molar-refractivity contribution is 0.550. The Labute approximate surface area is 356 Å². The topological polar surface area (TPSA) is 8.17 Å².